The van der Waals surface area contributed by atoms with Crippen LogP contribution in [0.4, 0.5) is 5.13 Å². The third-order valence-electron chi connectivity index (χ3n) is 0.765. The summed E-state index contributed by atoms with van der Waals surface area (Å²) in [4.78, 5) is 3.90. The Balaban J connectivity index is 2.48. The van der Waals surface area contributed by atoms with Crippen molar-refractivity contribution in [1.82, 2.24) is 4.98 Å². The summed E-state index contributed by atoms with van der Waals surface area (Å²) in [6.45, 7) is 1.65. The number of anilines is 1. The fourth-order valence-corrected chi connectivity index (χ4v) is 1.08. The average Bonchev–Trinajstić information content (AvgIpc) is 2.15. The van der Waals surface area contributed by atoms with Crippen molar-refractivity contribution in [2.24, 2.45) is 0 Å². The van der Waals surface area contributed by atoms with Crippen LogP contribution in [0.1, 0.15) is 6.92 Å². The summed E-state index contributed by atoms with van der Waals surface area (Å²) < 4.78 is 0. The molecule has 1 unspecified atom stereocenters. The van der Waals surface area contributed by atoms with Crippen molar-refractivity contribution in [3.8, 4) is 0 Å². The number of aliphatic hydroxyl groups excluding tert-OH is 1. The van der Waals surface area contributed by atoms with Gasteiger partial charge in [0.25, 0.3) is 0 Å². The lowest BCUT2D eigenvalue weighted by Crippen LogP contribution is -2.12. The standard InChI is InChI=1S/C5H8N2OS/c1-4(8)7-5-6-2-3-9-5/h2-4,8H,1H3,(H,6,7). The molecule has 0 amide bonds. The van der Waals surface area contributed by atoms with Gasteiger partial charge in [0.1, 0.15) is 6.23 Å². The van der Waals surface area contributed by atoms with Crippen LogP contribution in [0.5, 0.6) is 0 Å². The van der Waals surface area contributed by atoms with Crippen LogP contribution in [-0.2, 0) is 0 Å². The number of hydrogen-bond acceptors (Lipinski definition) is 4. The van der Waals surface area contributed by atoms with Crippen LogP contribution in [0, 0.1) is 0 Å². The van der Waals surface area contributed by atoms with E-state index in [1.807, 2.05) is 5.38 Å². The van der Waals surface area contributed by atoms with Crippen LogP contribution in [0.3, 0.4) is 0 Å². The summed E-state index contributed by atoms with van der Waals surface area (Å²) in [6, 6.07) is 0. The van der Waals surface area contributed by atoms with Gasteiger partial charge in [0.2, 0.25) is 0 Å². The van der Waals surface area contributed by atoms with Gasteiger partial charge in [-0.15, -0.1) is 11.3 Å². The molecule has 0 saturated carbocycles. The number of nitrogens with one attached hydrogen (secondary N) is 1. The highest BCUT2D eigenvalue weighted by molar-refractivity contribution is 7.13. The van der Waals surface area contributed by atoms with E-state index in [4.69, 9.17) is 5.11 Å². The van der Waals surface area contributed by atoms with Gasteiger partial charge in [-0.2, -0.15) is 0 Å². The van der Waals surface area contributed by atoms with E-state index in [-0.39, 0.29) is 0 Å². The van der Waals surface area contributed by atoms with Gasteiger partial charge < -0.3 is 10.4 Å². The van der Waals surface area contributed by atoms with Crippen molar-refractivity contribution in [3.05, 3.63) is 11.6 Å². The van der Waals surface area contributed by atoms with E-state index in [1.54, 1.807) is 13.1 Å². The highest BCUT2D eigenvalue weighted by Gasteiger charge is 1.95. The number of aromatic nitrogens is 1. The summed E-state index contributed by atoms with van der Waals surface area (Å²) in [5.41, 5.74) is 0. The predicted molar refractivity (Wildman–Crippen MR) is 37.4 cm³/mol. The molecular formula is C5H8N2OS. The first-order valence-electron chi connectivity index (χ1n) is 2.63. The molecule has 50 valence electrons. The third-order valence-corrected chi connectivity index (χ3v) is 1.47. The minimum absolute atomic E-state index is 0.517. The summed E-state index contributed by atoms with van der Waals surface area (Å²) in [5.74, 6) is 0. The molecule has 1 aromatic rings. The number of thiazole rings is 1. The highest BCUT2D eigenvalue weighted by Crippen LogP contribution is 2.10. The number of hydrogen-bond donors (Lipinski definition) is 2. The van der Waals surface area contributed by atoms with E-state index in [9.17, 15) is 0 Å². The Bertz CT molecular complexity index is 161. The largest absolute Gasteiger partial charge is 0.374 e. The first-order valence-corrected chi connectivity index (χ1v) is 3.51. The fraction of sp³-hybridized carbons (Fsp3) is 0.400. The van der Waals surface area contributed by atoms with Crippen molar-refractivity contribution in [2.45, 2.75) is 13.2 Å². The van der Waals surface area contributed by atoms with Gasteiger partial charge in [-0.25, -0.2) is 4.98 Å². The van der Waals surface area contributed by atoms with Crippen molar-refractivity contribution in [2.75, 3.05) is 5.32 Å². The molecule has 0 saturated heterocycles. The Hall–Kier alpha value is -0.610. The molecule has 9 heavy (non-hydrogen) atoms. The molecule has 0 spiro atoms. The molecule has 1 atom stereocenters. The molecule has 1 heterocycles. The van der Waals surface area contributed by atoms with Crippen LogP contribution in [0.2, 0.25) is 0 Å². The van der Waals surface area contributed by atoms with Gasteiger partial charge in [0.05, 0.1) is 0 Å². The Morgan fingerprint density at radius 1 is 1.89 bits per heavy atom. The SMILES string of the molecule is CC(O)Nc1nccs1. The van der Waals surface area contributed by atoms with Crippen molar-refractivity contribution < 1.29 is 5.11 Å². The molecule has 1 rings (SSSR count). The second-order valence-electron chi connectivity index (χ2n) is 1.66. The van der Waals surface area contributed by atoms with Crippen LogP contribution in [0.25, 0.3) is 0 Å². The highest BCUT2D eigenvalue weighted by atomic mass is 32.1. The van der Waals surface area contributed by atoms with E-state index >= 15 is 0 Å². The minimum atomic E-state index is -0.517. The molecule has 0 fully saturated rings. The van der Waals surface area contributed by atoms with Crippen molar-refractivity contribution in [3.63, 3.8) is 0 Å². The molecule has 0 bridgehead atoms. The maximum Gasteiger partial charge on any atom is 0.184 e. The van der Waals surface area contributed by atoms with Crippen LogP contribution < -0.4 is 5.32 Å². The van der Waals surface area contributed by atoms with Crippen molar-refractivity contribution >= 4 is 16.5 Å². The molecule has 4 heteroatoms. The molecule has 1 aromatic heterocycles. The third kappa shape index (κ3) is 1.99. The number of aliphatic hydroxyl groups is 1. The maximum absolute atomic E-state index is 8.78. The van der Waals surface area contributed by atoms with Gasteiger partial charge in [0.15, 0.2) is 5.13 Å². The Morgan fingerprint density at radius 2 is 2.67 bits per heavy atom. The van der Waals surface area contributed by atoms with E-state index in [2.05, 4.69) is 10.3 Å². The summed E-state index contributed by atoms with van der Waals surface area (Å²) in [7, 11) is 0. The molecule has 3 nitrogen and oxygen atoms in total. The number of nitrogens with zero attached hydrogens (tertiary/aromatic N) is 1. The quantitative estimate of drug-likeness (QED) is 0.606. The van der Waals surface area contributed by atoms with Gasteiger partial charge in [0, 0.05) is 11.6 Å². The summed E-state index contributed by atoms with van der Waals surface area (Å²) in [6.07, 6.45) is 1.17. The van der Waals surface area contributed by atoms with Crippen LogP contribution in [-0.4, -0.2) is 16.3 Å². The van der Waals surface area contributed by atoms with Crippen LogP contribution >= 0.6 is 11.3 Å². The molecule has 0 aliphatic rings. The molecule has 2 N–H and O–H groups in total. The Labute approximate surface area is 57.4 Å². The lowest BCUT2D eigenvalue weighted by atomic mass is 10.7. The first-order chi connectivity index (χ1) is 4.29. The second kappa shape index (κ2) is 2.80. The number of rotatable bonds is 2. The fourth-order valence-electron chi connectivity index (χ4n) is 0.473. The van der Waals surface area contributed by atoms with E-state index in [0.29, 0.717) is 0 Å². The van der Waals surface area contributed by atoms with Gasteiger partial charge in [-0.3, -0.25) is 0 Å². The Morgan fingerprint density at radius 3 is 3.11 bits per heavy atom. The zero-order chi connectivity index (χ0) is 6.69. The normalized spacial score (nSPS) is 13.1. The zero-order valence-corrected chi connectivity index (χ0v) is 5.85. The molecule has 0 radical (unpaired) electrons. The van der Waals surface area contributed by atoms with Crippen molar-refractivity contribution in [1.29, 1.82) is 0 Å². The van der Waals surface area contributed by atoms with E-state index in [1.165, 1.54) is 11.3 Å². The Kier molecular flexibility index (Phi) is 2.02. The lowest BCUT2D eigenvalue weighted by Gasteiger charge is -2.02. The lowest BCUT2D eigenvalue weighted by molar-refractivity contribution is 0.224. The zero-order valence-electron chi connectivity index (χ0n) is 5.03. The monoisotopic (exact) mass is 144 g/mol. The van der Waals surface area contributed by atoms with Gasteiger partial charge in [-0.1, -0.05) is 0 Å². The minimum Gasteiger partial charge on any atom is -0.374 e. The average molecular weight is 144 g/mol. The molecule has 0 aliphatic heterocycles. The van der Waals surface area contributed by atoms with E-state index < -0.39 is 6.23 Å². The van der Waals surface area contributed by atoms with E-state index in [0.717, 1.165) is 5.13 Å². The molecular weight excluding hydrogens is 136 g/mol. The predicted octanol–water partition coefficient (Wildman–Crippen LogP) is 0.893. The molecule has 0 aliphatic carbocycles. The van der Waals surface area contributed by atoms with Gasteiger partial charge >= 0.3 is 0 Å². The van der Waals surface area contributed by atoms with Gasteiger partial charge in [-0.05, 0) is 6.92 Å². The second-order valence-corrected chi connectivity index (χ2v) is 2.55. The maximum atomic E-state index is 8.78. The topological polar surface area (TPSA) is 45.1 Å². The summed E-state index contributed by atoms with van der Waals surface area (Å²) in [5, 5.41) is 14.1. The molecule has 0 aromatic carbocycles. The first kappa shape index (κ1) is 6.51. The van der Waals surface area contributed by atoms with Crippen LogP contribution in [0.15, 0.2) is 11.6 Å². The smallest absolute Gasteiger partial charge is 0.184 e. The summed E-state index contributed by atoms with van der Waals surface area (Å²) >= 11 is 1.47.